The van der Waals surface area contributed by atoms with Gasteiger partial charge < -0.3 is 25.8 Å². The highest BCUT2D eigenvalue weighted by Gasteiger charge is 2.41. The summed E-state index contributed by atoms with van der Waals surface area (Å²) in [6.07, 6.45) is 3.38. The zero-order valence-electron chi connectivity index (χ0n) is 19.7. The van der Waals surface area contributed by atoms with Gasteiger partial charge in [-0.15, -0.1) is 0 Å². The summed E-state index contributed by atoms with van der Waals surface area (Å²) in [5, 5.41) is 5.87. The van der Waals surface area contributed by atoms with Crippen molar-refractivity contribution >= 4 is 12.2 Å². The smallest absolute Gasteiger partial charge is 0.407 e. The van der Waals surface area contributed by atoms with E-state index in [9.17, 15) is 9.59 Å². The van der Waals surface area contributed by atoms with Crippen LogP contribution in [0.2, 0.25) is 0 Å². The quantitative estimate of drug-likeness (QED) is 0.580. The Morgan fingerprint density at radius 2 is 1.66 bits per heavy atom. The Hall–Kier alpha value is -1.50. The standard InChI is InChI=1S/C22H43N3O4/c1-15(25-19(27)29-21(5,6)7)16(13-23)12-22(8)11-9-10-17(22)14-24-18(26)28-20(2,3)4/h15-17H,9-14,23H2,1-8H3,(H,24,26)(H,25,27)/t15-,16?,17-,22?/m1/s1. The van der Waals surface area contributed by atoms with Crippen LogP contribution < -0.4 is 16.4 Å². The second-order valence-corrected chi connectivity index (χ2v) is 10.8. The molecule has 170 valence electrons. The first-order valence-electron chi connectivity index (χ1n) is 10.8. The molecule has 7 heteroatoms. The highest BCUT2D eigenvalue weighted by atomic mass is 16.6. The van der Waals surface area contributed by atoms with Crippen LogP contribution in [0.3, 0.4) is 0 Å². The molecule has 0 heterocycles. The van der Waals surface area contributed by atoms with E-state index in [1.165, 1.54) is 0 Å². The molecule has 7 nitrogen and oxygen atoms in total. The van der Waals surface area contributed by atoms with Crippen LogP contribution in [0.4, 0.5) is 9.59 Å². The molecule has 1 rings (SSSR count). The Labute approximate surface area is 176 Å². The van der Waals surface area contributed by atoms with Crippen LogP contribution in [-0.4, -0.2) is 42.5 Å². The SMILES string of the molecule is C[C@@H](NC(=O)OC(C)(C)C)C(CN)CC1(C)CCC[C@@H]1CNC(=O)OC(C)(C)C. The molecule has 0 radical (unpaired) electrons. The molecular formula is C22H43N3O4. The van der Waals surface area contributed by atoms with Gasteiger partial charge in [-0.1, -0.05) is 13.3 Å². The van der Waals surface area contributed by atoms with E-state index in [0.717, 1.165) is 25.7 Å². The van der Waals surface area contributed by atoms with Crippen molar-refractivity contribution in [2.75, 3.05) is 13.1 Å². The fourth-order valence-electron chi connectivity index (χ4n) is 4.12. The summed E-state index contributed by atoms with van der Waals surface area (Å²) in [5.74, 6) is 0.493. The largest absolute Gasteiger partial charge is 0.444 e. The number of alkyl carbamates (subject to hydrolysis) is 2. The van der Waals surface area contributed by atoms with Gasteiger partial charge in [-0.2, -0.15) is 0 Å². The highest BCUT2D eigenvalue weighted by Crippen LogP contribution is 2.47. The summed E-state index contributed by atoms with van der Waals surface area (Å²) in [4.78, 5) is 24.2. The second-order valence-electron chi connectivity index (χ2n) is 10.8. The second kappa shape index (κ2) is 10.0. The molecule has 2 unspecified atom stereocenters. The lowest BCUT2D eigenvalue weighted by Gasteiger charge is -2.37. The van der Waals surface area contributed by atoms with Gasteiger partial charge in [-0.3, -0.25) is 0 Å². The molecule has 0 aliphatic heterocycles. The maximum absolute atomic E-state index is 12.1. The monoisotopic (exact) mass is 413 g/mol. The highest BCUT2D eigenvalue weighted by molar-refractivity contribution is 5.68. The van der Waals surface area contributed by atoms with Crippen molar-refractivity contribution in [3.8, 4) is 0 Å². The zero-order valence-corrected chi connectivity index (χ0v) is 19.7. The van der Waals surface area contributed by atoms with Gasteiger partial charge in [-0.05, 0) is 91.5 Å². The number of rotatable bonds is 7. The van der Waals surface area contributed by atoms with Crippen LogP contribution in [0.5, 0.6) is 0 Å². The van der Waals surface area contributed by atoms with Gasteiger partial charge in [0, 0.05) is 12.6 Å². The summed E-state index contributed by atoms with van der Waals surface area (Å²) in [7, 11) is 0. The molecule has 0 aromatic rings. The van der Waals surface area contributed by atoms with Crippen molar-refractivity contribution in [2.45, 2.75) is 98.3 Å². The number of hydrogen-bond donors (Lipinski definition) is 3. The van der Waals surface area contributed by atoms with Crippen LogP contribution in [0.25, 0.3) is 0 Å². The van der Waals surface area contributed by atoms with Gasteiger partial charge in [-0.25, -0.2) is 9.59 Å². The van der Waals surface area contributed by atoms with Crippen LogP contribution in [0.15, 0.2) is 0 Å². The Kier molecular flexibility index (Phi) is 8.81. The van der Waals surface area contributed by atoms with E-state index in [1.807, 2.05) is 48.5 Å². The van der Waals surface area contributed by atoms with Gasteiger partial charge in [0.25, 0.3) is 0 Å². The van der Waals surface area contributed by atoms with E-state index in [-0.39, 0.29) is 23.5 Å². The number of amides is 2. The van der Waals surface area contributed by atoms with E-state index < -0.39 is 17.3 Å². The third-order valence-electron chi connectivity index (χ3n) is 5.66. The van der Waals surface area contributed by atoms with E-state index in [4.69, 9.17) is 15.2 Å². The predicted molar refractivity (Wildman–Crippen MR) is 116 cm³/mol. The molecule has 1 aliphatic carbocycles. The molecule has 2 amide bonds. The summed E-state index contributed by atoms with van der Waals surface area (Å²) in [5.41, 5.74) is 5.09. The molecule has 1 aliphatic rings. The van der Waals surface area contributed by atoms with Crippen molar-refractivity contribution in [1.82, 2.24) is 10.6 Å². The minimum absolute atomic E-state index is 0.0585. The maximum Gasteiger partial charge on any atom is 0.407 e. The lowest BCUT2D eigenvalue weighted by molar-refractivity contribution is 0.0454. The minimum Gasteiger partial charge on any atom is -0.444 e. The van der Waals surface area contributed by atoms with Crippen LogP contribution in [0.1, 0.15) is 81.1 Å². The normalized spacial score (nSPS) is 24.5. The number of ether oxygens (including phenoxy) is 2. The first-order valence-corrected chi connectivity index (χ1v) is 10.8. The predicted octanol–water partition coefficient (Wildman–Crippen LogP) is 4.20. The fraction of sp³-hybridized carbons (Fsp3) is 0.909. The first-order chi connectivity index (χ1) is 13.1. The summed E-state index contributed by atoms with van der Waals surface area (Å²) in [6, 6.07) is -0.0910. The average Bonchev–Trinajstić information content (AvgIpc) is 2.87. The Bertz CT molecular complexity index is 553. The lowest BCUT2D eigenvalue weighted by Crippen LogP contribution is -2.46. The molecule has 1 fully saturated rings. The summed E-state index contributed by atoms with van der Waals surface area (Å²) in [6.45, 7) is 16.4. The van der Waals surface area contributed by atoms with Gasteiger partial charge >= 0.3 is 12.2 Å². The number of hydrogen-bond acceptors (Lipinski definition) is 5. The van der Waals surface area contributed by atoms with E-state index in [2.05, 4.69) is 17.6 Å². The Morgan fingerprint density at radius 3 is 2.17 bits per heavy atom. The Morgan fingerprint density at radius 1 is 1.10 bits per heavy atom. The van der Waals surface area contributed by atoms with Gasteiger partial charge in [0.05, 0.1) is 0 Å². The van der Waals surface area contributed by atoms with Crippen molar-refractivity contribution in [3.63, 3.8) is 0 Å². The minimum atomic E-state index is -0.530. The summed E-state index contributed by atoms with van der Waals surface area (Å²) >= 11 is 0. The van der Waals surface area contributed by atoms with Crippen LogP contribution in [-0.2, 0) is 9.47 Å². The molecule has 29 heavy (non-hydrogen) atoms. The van der Waals surface area contributed by atoms with Crippen LogP contribution >= 0.6 is 0 Å². The van der Waals surface area contributed by atoms with Crippen molar-refractivity contribution in [1.29, 1.82) is 0 Å². The zero-order chi connectivity index (χ0) is 22.5. The third kappa shape index (κ3) is 9.24. The van der Waals surface area contributed by atoms with Gasteiger partial charge in [0.2, 0.25) is 0 Å². The van der Waals surface area contributed by atoms with E-state index >= 15 is 0 Å². The van der Waals surface area contributed by atoms with E-state index in [0.29, 0.717) is 19.0 Å². The maximum atomic E-state index is 12.1. The number of nitrogens with two attached hydrogens (primary N) is 1. The van der Waals surface area contributed by atoms with E-state index in [1.54, 1.807) is 0 Å². The van der Waals surface area contributed by atoms with Gasteiger partial charge in [0.1, 0.15) is 11.2 Å². The molecule has 0 aromatic heterocycles. The number of carbonyl (C=O) groups is 2. The lowest BCUT2D eigenvalue weighted by atomic mass is 9.71. The molecule has 1 saturated carbocycles. The summed E-state index contributed by atoms with van der Waals surface area (Å²) < 4.78 is 10.7. The molecule has 4 atom stereocenters. The topological polar surface area (TPSA) is 103 Å². The van der Waals surface area contributed by atoms with Crippen molar-refractivity contribution in [2.24, 2.45) is 23.0 Å². The molecule has 0 spiro atoms. The molecular weight excluding hydrogens is 370 g/mol. The molecule has 0 aromatic carbocycles. The third-order valence-corrected chi connectivity index (χ3v) is 5.66. The molecule has 0 saturated heterocycles. The Balaban J connectivity index is 2.66. The number of nitrogens with one attached hydrogen (secondary N) is 2. The first kappa shape index (κ1) is 25.5. The molecule has 4 N–H and O–H groups in total. The van der Waals surface area contributed by atoms with Crippen molar-refractivity contribution < 1.29 is 19.1 Å². The van der Waals surface area contributed by atoms with Gasteiger partial charge in [0.15, 0.2) is 0 Å². The van der Waals surface area contributed by atoms with Crippen molar-refractivity contribution in [3.05, 3.63) is 0 Å². The average molecular weight is 414 g/mol. The number of carbonyl (C=O) groups excluding carboxylic acids is 2. The fourth-order valence-corrected chi connectivity index (χ4v) is 4.12. The van der Waals surface area contributed by atoms with Crippen LogP contribution in [0, 0.1) is 17.3 Å². The molecule has 0 bridgehead atoms.